The molecule has 1 aliphatic heterocycles. The summed E-state index contributed by atoms with van der Waals surface area (Å²) in [5, 5.41) is 6.30. The van der Waals surface area contributed by atoms with Gasteiger partial charge in [-0.15, -0.1) is 11.3 Å². The van der Waals surface area contributed by atoms with Crippen LogP contribution in [0.4, 0.5) is 5.82 Å². The van der Waals surface area contributed by atoms with Crippen molar-refractivity contribution in [2.75, 3.05) is 44.9 Å². The summed E-state index contributed by atoms with van der Waals surface area (Å²) < 4.78 is 14.5. The Kier molecular flexibility index (Phi) is 6.84. The Morgan fingerprint density at radius 1 is 1.26 bits per heavy atom. The fraction of sp³-hybridized carbons (Fsp3) is 0.320. The van der Waals surface area contributed by atoms with Gasteiger partial charge in [-0.1, -0.05) is 18.2 Å². The molecular formula is C25H27N5O3S. The van der Waals surface area contributed by atoms with Crippen molar-refractivity contribution in [3.63, 3.8) is 0 Å². The molecule has 176 valence electrons. The quantitative estimate of drug-likeness (QED) is 0.419. The van der Waals surface area contributed by atoms with E-state index in [1.807, 2.05) is 47.0 Å². The van der Waals surface area contributed by atoms with Crippen LogP contribution in [-0.4, -0.2) is 66.5 Å². The largest absolute Gasteiger partial charge is 0.376 e. The number of carbonyl (C=O) groups is 1. The summed E-state index contributed by atoms with van der Waals surface area (Å²) in [5.41, 5.74) is 2.45. The predicted molar refractivity (Wildman–Crippen MR) is 133 cm³/mol. The lowest BCUT2D eigenvalue weighted by Crippen LogP contribution is -2.39. The monoisotopic (exact) mass is 477 g/mol. The first-order valence-corrected chi connectivity index (χ1v) is 12.2. The van der Waals surface area contributed by atoms with Crippen LogP contribution in [0.5, 0.6) is 0 Å². The zero-order valence-electron chi connectivity index (χ0n) is 19.0. The number of nitrogens with one attached hydrogen (secondary N) is 1. The van der Waals surface area contributed by atoms with Crippen LogP contribution in [0, 0.1) is 0 Å². The molecule has 1 atom stereocenters. The number of amides is 1. The Morgan fingerprint density at radius 3 is 3.00 bits per heavy atom. The third-order valence-corrected chi connectivity index (χ3v) is 6.78. The Balaban J connectivity index is 1.42. The smallest absolute Gasteiger partial charge is 0.255 e. The van der Waals surface area contributed by atoms with Crippen molar-refractivity contribution in [1.82, 2.24) is 19.9 Å². The van der Waals surface area contributed by atoms with Crippen LogP contribution >= 0.6 is 11.3 Å². The molecule has 1 N–H and O–H groups in total. The molecule has 4 heterocycles. The van der Waals surface area contributed by atoms with Crippen LogP contribution in [0.1, 0.15) is 10.4 Å². The number of carbonyl (C=O) groups excluding carboxylic acids is 1. The molecule has 0 unspecified atom stereocenters. The molecule has 1 fully saturated rings. The average Bonchev–Trinajstić information content (AvgIpc) is 3.54. The van der Waals surface area contributed by atoms with Crippen LogP contribution in [0.3, 0.4) is 0 Å². The Morgan fingerprint density at radius 2 is 2.18 bits per heavy atom. The maximum absolute atomic E-state index is 13.1. The summed E-state index contributed by atoms with van der Waals surface area (Å²) in [7, 11) is 1.94. The fourth-order valence-electron chi connectivity index (χ4n) is 4.09. The van der Waals surface area contributed by atoms with Crippen molar-refractivity contribution < 1.29 is 14.3 Å². The van der Waals surface area contributed by atoms with Gasteiger partial charge in [0, 0.05) is 60.1 Å². The van der Waals surface area contributed by atoms with Crippen molar-refractivity contribution >= 4 is 33.1 Å². The number of hydrogen-bond acceptors (Lipinski definition) is 7. The number of thiophene rings is 1. The fourth-order valence-corrected chi connectivity index (χ4v) is 5.04. The van der Waals surface area contributed by atoms with E-state index in [1.165, 1.54) is 4.70 Å². The molecule has 1 saturated heterocycles. The van der Waals surface area contributed by atoms with Gasteiger partial charge in [0.2, 0.25) is 0 Å². The van der Waals surface area contributed by atoms with Gasteiger partial charge in [0.1, 0.15) is 5.82 Å². The molecule has 0 saturated carbocycles. The van der Waals surface area contributed by atoms with Crippen molar-refractivity contribution in [3.8, 4) is 11.3 Å². The molecule has 1 aliphatic rings. The molecule has 3 aromatic heterocycles. The molecular weight excluding hydrogens is 450 g/mol. The molecule has 1 aromatic carbocycles. The minimum atomic E-state index is -0.156. The second-order valence-electron chi connectivity index (χ2n) is 8.22. The third kappa shape index (κ3) is 4.96. The Labute approximate surface area is 202 Å². The number of fused-ring (bicyclic) bond motifs is 1. The highest BCUT2D eigenvalue weighted by Crippen LogP contribution is 2.34. The summed E-state index contributed by atoms with van der Waals surface area (Å²) in [5.74, 6) is 0.471. The van der Waals surface area contributed by atoms with Gasteiger partial charge in [-0.05, 0) is 18.2 Å². The highest BCUT2D eigenvalue weighted by atomic mass is 32.1. The Hall–Kier alpha value is -3.27. The first-order chi connectivity index (χ1) is 16.7. The number of benzene rings is 1. The lowest BCUT2D eigenvalue weighted by atomic mass is 10.1. The van der Waals surface area contributed by atoms with Crippen molar-refractivity contribution in [2.45, 2.75) is 12.6 Å². The molecule has 0 radical (unpaired) electrons. The second-order valence-corrected chi connectivity index (χ2v) is 9.13. The maximum Gasteiger partial charge on any atom is 0.255 e. The van der Waals surface area contributed by atoms with E-state index < -0.39 is 0 Å². The van der Waals surface area contributed by atoms with Crippen LogP contribution in [-0.2, 0) is 16.0 Å². The van der Waals surface area contributed by atoms with Gasteiger partial charge in [-0.25, -0.2) is 9.97 Å². The van der Waals surface area contributed by atoms with Gasteiger partial charge in [0.25, 0.3) is 5.91 Å². The molecule has 8 nitrogen and oxygen atoms in total. The maximum atomic E-state index is 13.1. The second kappa shape index (κ2) is 10.3. The standard InChI is InChI=1S/C25H27N5O3S/c1-29(14-18-15-32-12-13-33-18)24-20(25(31)27-9-11-30-10-8-26-17-30)6-7-22(28-24)21-16-34-23-5-3-2-4-19(21)23/h2-8,10,16-18H,9,11-15H2,1H3,(H,27,31)/t18-/m0/s1. The van der Waals surface area contributed by atoms with E-state index in [-0.39, 0.29) is 12.0 Å². The normalized spacial score (nSPS) is 16.0. The number of imidazole rings is 1. The van der Waals surface area contributed by atoms with Gasteiger partial charge in [0.15, 0.2) is 0 Å². The number of nitrogens with zero attached hydrogens (tertiary/aromatic N) is 4. The number of rotatable bonds is 8. The van der Waals surface area contributed by atoms with Gasteiger partial charge >= 0.3 is 0 Å². The zero-order chi connectivity index (χ0) is 23.3. The summed E-state index contributed by atoms with van der Waals surface area (Å²) in [6, 6.07) is 12.1. The third-order valence-electron chi connectivity index (χ3n) is 5.82. The predicted octanol–water partition coefficient (Wildman–Crippen LogP) is 3.44. The van der Waals surface area contributed by atoms with Crippen LogP contribution in [0.2, 0.25) is 0 Å². The molecule has 0 bridgehead atoms. The number of aromatic nitrogens is 3. The molecule has 0 aliphatic carbocycles. The topological polar surface area (TPSA) is 81.5 Å². The molecule has 5 rings (SSSR count). The SMILES string of the molecule is CN(C[C@H]1COCCO1)c1nc(-c2csc3ccccc23)ccc1C(=O)NCCn1ccnc1. The summed E-state index contributed by atoms with van der Waals surface area (Å²) in [6.07, 6.45) is 5.27. The number of ether oxygens (including phenoxy) is 2. The van der Waals surface area contributed by atoms with E-state index in [0.29, 0.717) is 50.8 Å². The van der Waals surface area contributed by atoms with E-state index in [1.54, 1.807) is 23.9 Å². The molecule has 0 spiro atoms. The van der Waals surface area contributed by atoms with E-state index in [0.717, 1.165) is 16.6 Å². The number of anilines is 1. The van der Waals surface area contributed by atoms with E-state index in [4.69, 9.17) is 14.5 Å². The van der Waals surface area contributed by atoms with Crippen molar-refractivity contribution in [1.29, 1.82) is 0 Å². The van der Waals surface area contributed by atoms with Gasteiger partial charge in [-0.2, -0.15) is 0 Å². The minimum Gasteiger partial charge on any atom is -0.376 e. The van der Waals surface area contributed by atoms with Crippen LogP contribution in [0.15, 0.2) is 60.5 Å². The molecule has 34 heavy (non-hydrogen) atoms. The van der Waals surface area contributed by atoms with E-state index in [2.05, 4.69) is 27.8 Å². The van der Waals surface area contributed by atoms with Crippen LogP contribution < -0.4 is 10.2 Å². The minimum absolute atomic E-state index is 0.0664. The average molecular weight is 478 g/mol. The number of hydrogen-bond donors (Lipinski definition) is 1. The lowest BCUT2D eigenvalue weighted by molar-refractivity contribution is -0.0837. The van der Waals surface area contributed by atoms with E-state index >= 15 is 0 Å². The molecule has 9 heteroatoms. The summed E-state index contributed by atoms with van der Waals surface area (Å²) in [4.78, 5) is 24.1. The van der Waals surface area contributed by atoms with Crippen LogP contribution in [0.25, 0.3) is 21.3 Å². The van der Waals surface area contributed by atoms with Gasteiger partial charge in [0.05, 0.1) is 43.5 Å². The van der Waals surface area contributed by atoms with E-state index in [9.17, 15) is 4.79 Å². The lowest BCUT2D eigenvalue weighted by Gasteiger charge is -2.29. The zero-order valence-corrected chi connectivity index (χ0v) is 19.8. The van der Waals surface area contributed by atoms with Gasteiger partial charge in [-0.3, -0.25) is 4.79 Å². The number of likely N-dealkylation sites (N-methyl/N-ethyl adjacent to an activating group) is 1. The highest BCUT2D eigenvalue weighted by Gasteiger charge is 2.22. The van der Waals surface area contributed by atoms with Crippen molar-refractivity contribution in [2.24, 2.45) is 0 Å². The molecule has 1 amide bonds. The van der Waals surface area contributed by atoms with Crippen molar-refractivity contribution in [3.05, 3.63) is 66.1 Å². The first kappa shape index (κ1) is 22.5. The Bertz CT molecular complexity index is 1250. The summed E-state index contributed by atoms with van der Waals surface area (Å²) >= 11 is 1.69. The highest BCUT2D eigenvalue weighted by molar-refractivity contribution is 7.17. The molecule has 4 aromatic rings. The summed E-state index contributed by atoms with van der Waals surface area (Å²) in [6.45, 7) is 3.45. The van der Waals surface area contributed by atoms with Gasteiger partial charge < -0.3 is 24.3 Å². The first-order valence-electron chi connectivity index (χ1n) is 11.3. The number of pyridine rings is 1.